The van der Waals surface area contributed by atoms with E-state index in [-0.39, 0.29) is 25.0 Å². The fourth-order valence-corrected chi connectivity index (χ4v) is 2.12. The third-order valence-electron chi connectivity index (χ3n) is 3.38. The van der Waals surface area contributed by atoms with Crippen LogP contribution in [0.2, 0.25) is 0 Å². The SMILES string of the molecule is CCCN(CC1CC1)C(=O)N(CCC(=O)O)C(C)C. The summed E-state index contributed by atoms with van der Waals surface area (Å²) in [5.41, 5.74) is 0. The Kier molecular flexibility index (Phi) is 6.12. The highest BCUT2D eigenvalue weighted by atomic mass is 16.4. The molecule has 0 radical (unpaired) electrons. The summed E-state index contributed by atoms with van der Waals surface area (Å²) in [4.78, 5) is 26.8. The minimum Gasteiger partial charge on any atom is -0.481 e. The van der Waals surface area contributed by atoms with Crippen LogP contribution in [0.4, 0.5) is 4.79 Å². The third kappa shape index (κ3) is 5.49. The quantitative estimate of drug-likeness (QED) is 0.736. The van der Waals surface area contributed by atoms with Gasteiger partial charge in [-0.2, -0.15) is 0 Å². The molecular formula is C14H26N2O3. The number of carboxylic acids is 1. The normalized spacial score (nSPS) is 14.5. The van der Waals surface area contributed by atoms with Crippen LogP contribution in [0.5, 0.6) is 0 Å². The first-order valence-electron chi connectivity index (χ1n) is 7.23. The summed E-state index contributed by atoms with van der Waals surface area (Å²) in [5, 5.41) is 8.77. The van der Waals surface area contributed by atoms with Gasteiger partial charge in [0.2, 0.25) is 0 Å². The average Bonchev–Trinajstić information content (AvgIpc) is 3.11. The van der Waals surface area contributed by atoms with Crippen molar-refractivity contribution in [3.8, 4) is 0 Å². The number of nitrogens with zero attached hydrogens (tertiary/aromatic N) is 2. The van der Waals surface area contributed by atoms with Gasteiger partial charge in [-0.1, -0.05) is 6.92 Å². The van der Waals surface area contributed by atoms with E-state index in [0.717, 1.165) is 19.5 Å². The summed E-state index contributed by atoms with van der Waals surface area (Å²) >= 11 is 0. The van der Waals surface area contributed by atoms with Crippen LogP contribution in [0.25, 0.3) is 0 Å². The standard InChI is InChI=1S/C14H26N2O3/c1-4-8-15(10-12-5-6-12)14(19)16(11(2)3)9-7-13(17)18/h11-12H,4-10H2,1-3H3,(H,17,18). The molecule has 110 valence electrons. The van der Waals surface area contributed by atoms with E-state index >= 15 is 0 Å². The van der Waals surface area contributed by atoms with Crippen molar-refractivity contribution in [1.29, 1.82) is 0 Å². The van der Waals surface area contributed by atoms with Crippen LogP contribution in [-0.4, -0.2) is 52.6 Å². The van der Waals surface area contributed by atoms with Gasteiger partial charge in [-0.05, 0) is 39.0 Å². The molecule has 1 fully saturated rings. The first-order chi connectivity index (χ1) is 8.95. The van der Waals surface area contributed by atoms with Crippen molar-refractivity contribution < 1.29 is 14.7 Å². The number of amides is 2. The van der Waals surface area contributed by atoms with Gasteiger partial charge >= 0.3 is 12.0 Å². The first-order valence-corrected chi connectivity index (χ1v) is 7.23. The number of carbonyl (C=O) groups is 2. The maximum Gasteiger partial charge on any atom is 0.320 e. The van der Waals surface area contributed by atoms with E-state index in [1.54, 1.807) is 4.90 Å². The second-order valence-electron chi connectivity index (χ2n) is 5.60. The lowest BCUT2D eigenvalue weighted by molar-refractivity contribution is -0.137. The van der Waals surface area contributed by atoms with Crippen molar-refractivity contribution >= 4 is 12.0 Å². The molecule has 1 aliphatic rings. The lowest BCUT2D eigenvalue weighted by Crippen LogP contribution is -2.48. The summed E-state index contributed by atoms with van der Waals surface area (Å²) < 4.78 is 0. The maximum absolute atomic E-state index is 12.5. The molecule has 0 unspecified atom stereocenters. The van der Waals surface area contributed by atoms with Crippen molar-refractivity contribution in [3.05, 3.63) is 0 Å². The Morgan fingerprint density at radius 3 is 2.32 bits per heavy atom. The van der Waals surface area contributed by atoms with E-state index < -0.39 is 5.97 Å². The zero-order chi connectivity index (χ0) is 14.4. The van der Waals surface area contributed by atoms with Crippen molar-refractivity contribution in [1.82, 2.24) is 9.80 Å². The van der Waals surface area contributed by atoms with Crippen LogP contribution in [0, 0.1) is 5.92 Å². The van der Waals surface area contributed by atoms with Crippen molar-refractivity contribution in [2.45, 2.75) is 52.5 Å². The first kappa shape index (κ1) is 15.8. The van der Waals surface area contributed by atoms with Gasteiger partial charge in [-0.3, -0.25) is 4.79 Å². The topological polar surface area (TPSA) is 60.9 Å². The molecule has 0 aromatic rings. The Hall–Kier alpha value is -1.26. The van der Waals surface area contributed by atoms with Crippen LogP contribution in [-0.2, 0) is 4.79 Å². The predicted octanol–water partition coefficient (Wildman–Crippen LogP) is 2.41. The van der Waals surface area contributed by atoms with Gasteiger partial charge in [0.15, 0.2) is 0 Å². The number of carboxylic acid groups (broad SMARTS) is 1. The second-order valence-corrected chi connectivity index (χ2v) is 5.60. The van der Waals surface area contributed by atoms with Gasteiger partial charge in [-0.25, -0.2) is 4.79 Å². The summed E-state index contributed by atoms with van der Waals surface area (Å²) in [6.45, 7) is 7.79. The highest BCUT2D eigenvalue weighted by Gasteiger charge is 2.29. The van der Waals surface area contributed by atoms with Gasteiger partial charge in [-0.15, -0.1) is 0 Å². The van der Waals surface area contributed by atoms with Gasteiger partial charge < -0.3 is 14.9 Å². The lowest BCUT2D eigenvalue weighted by Gasteiger charge is -2.33. The van der Waals surface area contributed by atoms with Crippen LogP contribution >= 0.6 is 0 Å². The predicted molar refractivity (Wildman–Crippen MR) is 74.1 cm³/mol. The molecule has 19 heavy (non-hydrogen) atoms. The Morgan fingerprint density at radius 1 is 1.26 bits per heavy atom. The molecule has 0 spiro atoms. The van der Waals surface area contributed by atoms with Crippen LogP contribution in [0.1, 0.15) is 46.5 Å². The molecule has 1 saturated carbocycles. The Morgan fingerprint density at radius 2 is 1.89 bits per heavy atom. The average molecular weight is 270 g/mol. The molecule has 0 atom stereocenters. The highest BCUT2D eigenvalue weighted by Crippen LogP contribution is 2.30. The van der Waals surface area contributed by atoms with Gasteiger partial charge in [0.05, 0.1) is 6.42 Å². The summed E-state index contributed by atoms with van der Waals surface area (Å²) in [6.07, 6.45) is 3.37. The number of rotatable bonds is 8. The summed E-state index contributed by atoms with van der Waals surface area (Å²) in [6, 6.07) is 0.0235. The fourth-order valence-electron chi connectivity index (χ4n) is 2.12. The summed E-state index contributed by atoms with van der Waals surface area (Å²) in [5.74, 6) is -0.202. The molecule has 1 rings (SSSR count). The van der Waals surface area contributed by atoms with E-state index in [9.17, 15) is 9.59 Å². The van der Waals surface area contributed by atoms with E-state index in [1.165, 1.54) is 12.8 Å². The molecule has 0 aromatic carbocycles. The fraction of sp³-hybridized carbons (Fsp3) is 0.857. The Bertz CT molecular complexity index is 314. The van der Waals surface area contributed by atoms with Gasteiger partial charge in [0.1, 0.15) is 0 Å². The molecule has 0 aliphatic heterocycles. The molecule has 0 saturated heterocycles. The molecule has 0 bridgehead atoms. The second kappa shape index (κ2) is 7.36. The van der Waals surface area contributed by atoms with E-state index in [0.29, 0.717) is 5.92 Å². The smallest absolute Gasteiger partial charge is 0.320 e. The van der Waals surface area contributed by atoms with Crippen LogP contribution < -0.4 is 0 Å². The molecule has 5 nitrogen and oxygen atoms in total. The highest BCUT2D eigenvalue weighted by molar-refractivity contribution is 5.76. The number of hydrogen-bond acceptors (Lipinski definition) is 2. The lowest BCUT2D eigenvalue weighted by atomic mass is 10.2. The van der Waals surface area contributed by atoms with Gasteiger partial charge in [0.25, 0.3) is 0 Å². The van der Waals surface area contributed by atoms with Gasteiger partial charge in [0, 0.05) is 25.7 Å². The van der Waals surface area contributed by atoms with Crippen LogP contribution in [0.3, 0.4) is 0 Å². The maximum atomic E-state index is 12.5. The Labute approximate surface area is 115 Å². The third-order valence-corrected chi connectivity index (χ3v) is 3.38. The minimum atomic E-state index is -0.859. The molecule has 1 aliphatic carbocycles. The Balaban J connectivity index is 2.61. The number of hydrogen-bond donors (Lipinski definition) is 1. The van der Waals surface area contributed by atoms with E-state index in [1.807, 2.05) is 18.7 Å². The summed E-state index contributed by atoms with van der Waals surface area (Å²) in [7, 11) is 0. The van der Waals surface area contributed by atoms with Crippen LogP contribution in [0.15, 0.2) is 0 Å². The number of urea groups is 1. The zero-order valence-electron chi connectivity index (χ0n) is 12.3. The molecule has 5 heteroatoms. The monoisotopic (exact) mass is 270 g/mol. The molecule has 2 amide bonds. The molecule has 0 heterocycles. The van der Waals surface area contributed by atoms with Crippen molar-refractivity contribution in [2.75, 3.05) is 19.6 Å². The number of aliphatic carboxylic acids is 1. The largest absolute Gasteiger partial charge is 0.481 e. The zero-order valence-corrected chi connectivity index (χ0v) is 12.3. The van der Waals surface area contributed by atoms with E-state index in [4.69, 9.17) is 5.11 Å². The van der Waals surface area contributed by atoms with Crippen molar-refractivity contribution in [3.63, 3.8) is 0 Å². The molecule has 0 aromatic heterocycles. The number of carbonyl (C=O) groups excluding carboxylic acids is 1. The molecular weight excluding hydrogens is 244 g/mol. The minimum absolute atomic E-state index is 0.00726. The van der Waals surface area contributed by atoms with Crippen molar-refractivity contribution in [2.24, 2.45) is 5.92 Å². The molecule has 1 N–H and O–H groups in total. The van der Waals surface area contributed by atoms with E-state index in [2.05, 4.69) is 6.92 Å².